The molecule has 14 heavy (non-hydrogen) atoms. The van der Waals surface area contributed by atoms with Crippen LogP contribution in [0, 0.1) is 24.1 Å². The second-order valence-electron chi connectivity index (χ2n) is 3.02. The Kier molecular flexibility index (Phi) is 3.18. The second-order valence-corrected chi connectivity index (χ2v) is 3.02. The number of halogens is 1. The van der Waals surface area contributed by atoms with Gasteiger partial charge in [0.25, 0.3) is 0 Å². The fourth-order valence-electron chi connectivity index (χ4n) is 1.17. The van der Waals surface area contributed by atoms with Gasteiger partial charge in [-0.05, 0) is 30.2 Å². The average molecular weight is 195 g/mol. The molecule has 1 aromatic rings. The maximum atomic E-state index is 12.8. The van der Waals surface area contributed by atoms with Gasteiger partial charge in [-0.2, -0.15) is 5.26 Å². The third-order valence-electron chi connectivity index (χ3n) is 1.99. The number of aliphatic hydroxyl groups is 2. The fraction of sp³-hybridized carbons (Fsp3) is 0.300. The summed E-state index contributed by atoms with van der Waals surface area (Å²) in [5.74, 6) is -0.505. The SMILES string of the molecule is Cc1ccc(F)cc1C(O)C(O)C#N. The van der Waals surface area contributed by atoms with E-state index in [0.717, 1.165) is 6.07 Å². The second kappa shape index (κ2) is 4.18. The molecule has 0 aromatic heterocycles. The smallest absolute Gasteiger partial charge is 0.170 e. The lowest BCUT2D eigenvalue weighted by Crippen LogP contribution is -2.16. The van der Waals surface area contributed by atoms with Crippen LogP contribution in [0.15, 0.2) is 18.2 Å². The van der Waals surface area contributed by atoms with Crippen LogP contribution < -0.4 is 0 Å². The molecule has 0 aliphatic heterocycles. The van der Waals surface area contributed by atoms with Gasteiger partial charge in [-0.3, -0.25) is 0 Å². The summed E-state index contributed by atoms with van der Waals surface area (Å²) in [6.07, 6.45) is -2.90. The van der Waals surface area contributed by atoms with E-state index < -0.39 is 18.0 Å². The Bertz CT molecular complexity index is 373. The van der Waals surface area contributed by atoms with Gasteiger partial charge in [-0.1, -0.05) is 6.07 Å². The van der Waals surface area contributed by atoms with Crippen molar-refractivity contribution in [1.82, 2.24) is 0 Å². The molecule has 0 spiro atoms. The molecule has 1 rings (SSSR count). The lowest BCUT2D eigenvalue weighted by atomic mass is 10.00. The van der Waals surface area contributed by atoms with Crippen molar-refractivity contribution < 1.29 is 14.6 Å². The van der Waals surface area contributed by atoms with E-state index >= 15 is 0 Å². The Morgan fingerprint density at radius 3 is 2.64 bits per heavy atom. The first-order valence-electron chi connectivity index (χ1n) is 4.08. The van der Waals surface area contributed by atoms with E-state index in [9.17, 15) is 9.50 Å². The van der Waals surface area contributed by atoms with Crippen LogP contribution in [-0.2, 0) is 0 Å². The maximum Gasteiger partial charge on any atom is 0.170 e. The van der Waals surface area contributed by atoms with Crippen molar-refractivity contribution in [3.63, 3.8) is 0 Å². The highest BCUT2D eigenvalue weighted by Gasteiger charge is 2.19. The highest BCUT2D eigenvalue weighted by molar-refractivity contribution is 5.30. The van der Waals surface area contributed by atoms with E-state index in [1.165, 1.54) is 18.2 Å². The molecular weight excluding hydrogens is 185 g/mol. The maximum absolute atomic E-state index is 12.8. The molecule has 1 aromatic carbocycles. The Hall–Kier alpha value is -1.44. The van der Waals surface area contributed by atoms with Gasteiger partial charge in [0.1, 0.15) is 11.9 Å². The van der Waals surface area contributed by atoms with Crippen LogP contribution in [0.1, 0.15) is 17.2 Å². The summed E-state index contributed by atoms with van der Waals surface area (Å²) < 4.78 is 12.8. The van der Waals surface area contributed by atoms with Gasteiger partial charge < -0.3 is 10.2 Å². The van der Waals surface area contributed by atoms with Crippen LogP contribution >= 0.6 is 0 Å². The fourth-order valence-corrected chi connectivity index (χ4v) is 1.17. The van der Waals surface area contributed by atoms with Gasteiger partial charge in [0, 0.05) is 0 Å². The molecule has 0 fully saturated rings. The number of nitriles is 1. The number of rotatable bonds is 2. The van der Waals surface area contributed by atoms with Gasteiger partial charge in [0.15, 0.2) is 6.10 Å². The molecule has 2 N–H and O–H groups in total. The molecule has 0 saturated heterocycles. The summed E-state index contributed by atoms with van der Waals surface area (Å²) in [5.41, 5.74) is 0.868. The predicted octanol–water partition coefficient (Wildman–Crippen LogP) is 1.05. The van der Waals surface area contributed by atoms with E-state index in [1.54, 1.807) is 6.92 Å². The quantitative estimate of drug-likeness (QED) is 0.693. The van der Waals surface area contributed by atoms with Crippen LogP contribution in [0.25, 0.3) is 0 Å². The first-order valence-corrected chi connectivity index (χ1v) is 4.08. The number of benzene rings is 1. The van der Waals surface area contributed by atoms with E-state index in [2.05, 4.69) is 0 Å². The van der Waals surface area contributed by atoms with Crippen molar-refractivity contribution in [2.75, 3.05) is 0 Å². The molecule has 0 heterocycles. The molecule has 2 unspecified atom stereocenters. The molecule has 4 heteroatoms. The van der Waals surface area contributed by atoms with Gasteiger partial charge in [0.2, 0.25) is 0 Å². The highest BCUT2D eigenvalue weighted by Crippen LogP contribution is 2.21. The van der Waals surface area contributed by atoms with Crippen molar-refractivity contribution in [1.29, 1.82) is 5.26 Å². The van der Waals surface area contributed by atoms with Crippen molar-refractivity contribution in [2.24, 2.45) is 0 Å². The standard InChI is InChI=1S/C10H10FNO2/c1-6-2-3-7(11)4-8(6)10(14)9(13)5-12/h2-4,9-10,13-14H,1H3. The summed E-state index contributed by atoms with van der Waals surface area (Å²) >= 11 is 0. The van der Waals surface area contributed by atoms with Crippen molar-refractivity contribution in [2.45, 2.75) is 19.1 Å². The Morgan fingerprint density at radius 1 is 1.43 bits per heavy atom. The van der Waals surface area contributed by atoms with E-state index in [-0.39, 0.29) is 5.56 Å². The Balaban J connectivity index is 3.07. The molecule has 0 aliphatic rings. The number of hydrogen-bond acceptors (Lipinski definition) is 3. The van der Waals surface area contributed by atoms with Crippen molar-refractivity contribution in [3.8, 4) is 6.07 Å². The zero-order chi connectivity index (χ0) is 10.7. The molecule has 2 atom stereocenters. The lowest BCUT2D eigenvalue weighted by Gasteiger charge is -2.14. The largest absolute Gasteiger partial charge is 0.385 e. The molecule has 0 radical (unpaired) electrons. The first kappa shape index (κ1) is 10.6. The van der Waals surface area contributed by atoms with Crippen molar-refractivity contribution >= 4 is 0 Å². The number of hydrogen-bond donors (Lipinski definition) is 2. The molecule has 0 aliphatic carbocycles. The number of nitrogens with zero attached hydrogens (tertiary/aromatic N) is 1. The van der Waals surface area contributed by atoms with Gasteiger partial charge in [0.05, 0.1) is 6.07 Å². The zero-order valence-electron chi connectivity index (χ0n) is 7.61. The predicted molar refractivity (Wildman–Crippen MR) is 47.7 cm³/mol. The highest BCUT2D eigenvalue weighted by atomic mass is 19.1. The third-order valence-corrected chi connectivity index (χ3v) is 1.99. The third kappa shape index (κ3) is 2.08. The molecule has 74 valence electrons. The summed E-state index contributed by atoms with van der Waals surface area (Å²) in [5, 5.41) is 26.9. The van der Waals surface area contributed by atoms with E-state index in [1.807, 2.05) is 0 Å². The minimum Gasteiger partial charge on any atom is -0.385 e. The molecule has 0 saturated carbocycles. The first-order chi connectivity index (χ1) is 6.56. The van der Waals surface area contributed by atoms with Crippen LogP contribution in [0.3, 0.4) is 0 Å². The summed E-state index contributed by atoms with van der Waals surface area (Å²) in [6, 6.07) is 5.34. The van der Waals surface area contributed by atoms with Gasteiger partial charge in [-0.25, -0.2) is 4.39 Å². The van der Waals surface area contributed by atoms with E-state index in [4.69, 9.17) is 10.4 Å². The van der Waals surface area contributed by atoms with Crippen LogP contribution in [-0.4, -0.2) is 16.3 Å². The van der Waals surface area contributed by atoms with Gasteiger partial charge >= 0.3 is 0 Å². The topological polar surface area (TPSA) is 64.2 Å². The van der Waals surface area contributed by atoms with Crippen molar-refractivity contribution in [3.05, 3.63) is 35.1 Å². The van der Waals surface area contributed by atoms with Crippen LogP contribution in [0.5, 0.6) is 0 Å². The molecule has 3 nitrogen and oxygen atoms in total. The normalized spacial score (nSPS) is 14.5. The number of aryl methyl sites for hydroxylation is 1. The lowest BCUT2D eigenvalue weighted by molar-refractivity contribution is 0.0522. The van der Waals surface area contributed by atoms with Gasteiger partial charge in [-0.15, -0.1) is 0 Å². The molecule has 0 amide bonds. The van der Waals surface area contributed by atoms with E-state index in [0.29, 0.717) is 5.56 Å². The summed E-state index contributed by atoms with van der Waals surface area (Å²) in [7, 11) is 0. The van der Waals surface area contributed by atoms with Crippen LogP contribution in [0.4, 0.5) is 4.39 Å². The summed E-state index contributed by atoms with van der Waals surface area (Å²) in [6.45, 7) is 1.67. The molecule has 0 bridgehead atoms. The summed E-state index contributed by atoms with van der Waals surface area (Å²) in [4.78, 5) is 0. The minimum absolute atomic E-state index is 0.235. The average Bonchev–Trinajstić information content (AvgIpc) is 2.19. The van der Waals surface area contributed by atoms with Crippen LogP contribution in [0.2, 0.25) is 0 Å². The molecular formula is C10H10FNO2. The monoisotopic (exact) mass is 195 g/mol. The Morgan fingerprint density at radius 2 is 2.07 bits per heavy atom. The number of aliphatic hydroxyl groups excluding tert-OH is 2. The minimum atomic E-state index is -1.53. The Labute approximate surface area is 81.0 Å². The zero-order valence-corrected chi connectivity index (χ0v) is 7.61.